The third-order valence-electron chi connectivity index (χ3n) is 2.89. The number of rotatable bonds is 3. The van der Waals surface area contributed by atoms with Gasteiger partial charge in [0.2, 0.25) is 0 Å². The van der Waals surface area contributed by atoms with Gasteiger partial charge in [0.05, 0.1) is 11.9 Å². The minimum absolute atomic E-state index is 0.0494. The molecular weight excluding hydrogens is 347 g/mol. The van der Waals surface area contributed by atoms with E-state index in [0.717, 1.165) is 22.4 Å². The molecule has 0 fully saturated rings. The second kappa shape index (κ2) is 6.17. The first-order valence-corrected chi connectivity index (χ1v) is 7.43. The van der Waals surface area contributed by atoms with Gasteiger partial charge in [-0.3, -0.25) is 0 Å². The number of hydrogen-bond donors (Lipinski definition) is 0. The van der Waals surface area contributed by atoms with E-state index in [9.17, 15) is 0 Å². The van der Waals surface area contributed by atoms with Crippen LogP contribution in [0.1, 0.15) is 21.5 Å². The van der Waals surface area contributed by atoms with Gasteiger partial charge in [0, 0.05) is 10.0 Å². The molecule has 0 spiro atoms. The van der Waals surface area contributed by atoms with Crippen LogP contribution in [0.2, 0.25) is 10.0 Å². The average Bonchev–Trinajstić information content (AvgIpc) is 2.36. The molecule has 2 aromatic carbocycles. The van der Waals surface area contributed by atoms with Crippen molar-refractivity contribution < 1.29 is 4.74 Å². The Morgan fingerprint density at radius 1 is 1.00 bits per heavy atom. The van der Waals surface area contributed by atoms with Crippen molar-refractivity contribution in [3.63, 3.8) is 0 Å². The maximum atomic E-state index is 6.04. The smallest absolute Gasteiger partial charge is 0.121 e. The van der Waals surface area contributed by atoms with Crippen molar-refractivity contribution in [3.05, 3.63) is 63.1 Å². The largest absolute Gasteiger partial charge is 0.496 e. The summed E-state index contributed by atoms with van der Waals surface area (Å²) in [5, 5.41) is 1.27. The molecule has 0 heterocycles. The highest BCUT2D eigenvalue weighted by Crippen LogP contribution is 2.35. The highest BCUT2D eigenvalue weighted by molar-refractivity contribution is 9.09. The van der Waals surface area contributed by atoms with Crippen molar-refractivity contribution in [1.82, 2.24) is 0 Å². The molecule has 1 unspecified atom stereocenters. The minimum Gasteiger partial charge on any atom is -0.496 e. The second-order valence-electron chi connectivity index (χ2n) is 4.29. The number of ether oxygens (including phenoxy) is 1. The minimum atomic E-state index is 0.0494. The first kappa shape index (κ1) is 14.7. The predicted octanol–water partition coefficient (Wildman–Crippen LogP) is 5.79. The maximum Gasteiger partial charge on any atom is 0.121 e. The van der Waals surface area contributed by atoms with Crippen molar-refractivity contribution in [2.45, 2.75) is 11.8 Å². The Morgan fingerprint density at radius 3 is 2.16 bits per heavy atom. The summed E-state index contributed by atoms with van der Waals surface area (Å²) in [7, 11) is 1.67. The molecule has 4 heteroatoms. The zero-order valence-corrected chi connectivity index (χ0v) is 13.7. The van der Waals surface area contributed by atoms with Gasteiger partial charge in [0.1, 0.15) is 5.75 Å². The third kappa shape index (κ3) is 3.44. The van der Waals surface area contributed by atoms with Gasteiger partial charge in [-0.05, 0) is 47.9 Å². The fraction of sp³-hybridized carbons (Fsp3) is 0.200. The molecule has 1 nitrogen and oxygen atoms in total. The van der Waals surface area contributed by atoms with Crippen molar-refractivity contribution >= 4 is 39.1 Å². The fourth-order valence-corrected chi connectivity index (χ4v) is 3.07. The Morgan fingerprint density at radius 2 is 1.63 bits per heavy atom. The fourth-order valence-electron chi connectivity index (χ4n) is 1.97. The molecule has 0 saturated carbocycles. The molecule has 19 heavy (non-hydrogen) atoms. The van der Waals surface area contributed by atoms with Gasteiger partial charge in [-0.25, -0.2) is 0 Å². The van der Waals surface area contributed by atoms with Crippen LogP contribution >= 0.6 is 39.1 Å². The molecule has 0 aromatic heterocycles. The number of alkyl halides is 1. The third-order valence-corrected chi connectivity index (χ3v) is 4.38. The lowest BCUT2D eigenvalue weighted by Crippen LogP contribution is -1.95. The van der Waals surface area contributed by atoms with Gasteiger partial charge in [0.25, 0.3) is 0 Å². The maximum absolute atomic E-state index is 6.04. The Kier molecular flexibility index (Phi) is 4.77. The van der Waals surface area contributed by atoms with E-state index in [1.165, 1.54) is 0 Å². The molecule has 0 bridgehead atoms. The van der Waals surface area contributed by atoms with Crippen LogP contribution in [0.25, 0.3) is 0 Å². The number of benzene rings is 2. The number of halogens is 3. The predicted molar refractivity (Wildman–Crippen MR) is 85.0 cm³/mol. The van der Waals surface area contributed by atoms with Crippen LogP contribution in [0.5, 0.6) is 5.75 Å². The SMILES string of the molecule is COc1ccc(C(Br)c2cc(Cl)cc(Cl)c2)cc1C. The van der Waals surface area contributed by atoms with Crippen molar-refractivity contribution in [1.29, 1.82) is 0 Å². The number of hydrogen-bond acceptors (Lipinski definition) is 1. The van der Waals surface area contributed by atoms with Gasteiger partial charge in [-0.15, -0.1) is 0 Å². The van der Waals surface area contributed by atoms with E-state index >= 15 is 0 Å². The van der Waals surface area contributed by atoms with Gasteiger partial charge in [-0.1, -0.05) is 51.3 Å². The Balaban J connectivity index is 2.38. The monoisotopic (exact) mass is 358 g/mol. The Bertz CT molecular complexity index is 578. The van der Waals surface area contributed by atoms with Gasteiger partial charge < -0.3 is 4.74 Å². The standard InChI is InChI=1S/C15H13BrCl2O/c1-9-5-10(3-4-14(9)19-2)15(16)11-6-12(17)8-13(18)7-11/h3-8,15H,1-2H3. The van der Waals surface area contributed by atoms with Crippen LogP contribution in [0.15, 0.2) is 36.4 Å². The summed E-state index contributed by atoms with van der Waals surface area (Å²) >= 11 is 15.8. The van der Waals surface area contributed by atoms with Gasteiger partial charge in [0.15, 0.2) is 0 Å². The molecular formula is C15H13BrCl2O. The van der Waals surface area contributed by atoms with Crippen LogP contribution in [-0.2, 0) is 0 Å². The van der Waals surface area contributed by atoms with E-state index in [0.29, 0.717) is 10.0 Å². The first-order valence-electron chi connectivity index (χ1n) is 5.76. The van der Waals surface area contributed by atoms with Crippen LogP contribution < -0.4 is 4.74 Å². The molecule has 2 rings (SSSR count). The molecule has 0 amide bonds. The lowest BCUT2D eigenvalue weighted by molar-refractivity contribution is 0.411. The van der Waals surface area contributed by atoms with Crippen LogP contribution in [0.3, 0.4) is 0 Å². The molecule has 0 aliphatic carbocycles. The summed E-state index contributed by atoms with van der Waals surface area (Å²) in [5.74, 6) is 0.882. The molecule has 0 aliphatic heterocycles. The summed E-state index contributed by atoms with van der Waals surface area (Å²) in [6.07, 6.45) is 0. The van der Waals surface area contributed by atoms with Crippen molar-refractivity contribution in [2.75, 3.05) is 7.11 Å². The van der Waals surface area contributed by atoms with Gasteiger partial charge >= 0.3 is 0 Å². The quantitative estimate of drug-likeness (QED) is 0.629. The van der Waals surface area contributed by atoms with E-state index in [1.54, 1.807) is 13.2 Å². The molecule has 0 saturated heterocycles. The van der Waals surface area contributed by atoms with E-state index in [-0.39, 0.29) is 4.83 Å². The molecule has 0 N–H and O–H groups in total. The van der Waals surface area contributed by atoms with Gasteiger partial charge in [-0.2, -0.15) is 0 Å². The van der Waals surface area contributed by atoms with Crippen molar-refractivity contribution in [3.8, 4) is 5.75 Å². The van der Waals surface area contributed by atoms with E-state index in [2.05, 4.69) is 22.0 Å². The first-order chi connectivity index (χ1) is 9.01. The summed E-state index contributed by atoms with van der Waals surface area (Å²) in [5.41, 5.74) is 3.26. The number of aryl methyl sites for hydroxylation is 1. The van der Waals surface area contributed by atoms with Crippen molar-refractivity contribution in [2.24, 2.45) is 0 Å². The van der Waals surface area contributed by atoms with E-state index in [1.807, 2.05) is 31.2 Å². The lowest BCUT2D eigenvalue weighted by atomic mass is 10.0. The van der Waals surface area contributed by atoms with Crippen LogP contribution in [0.4, 0.5) is 0 Å². The molecule has 100 valence electrons. The normalized spacial score (nSPS) is 12.3. The Hall–Kier alpha value is -0.700. The highest BCUT2D eigenvalue weighted by Gasteiger charge is 2.13. The molecule has 2 aromatic rings. The molecule has 0 radical (unpaired) electrons. The zero-order valence-electron chi connectivity index (χ0n) is 10.6. The summed E-state index contributed by atoms with van der Waals surface area (Å²) in [6.45, 7) is 2.02. The van der Waals surface area contributed by atoms with Crippen LogP contribution in [0, 0.1) is 6.92 Å². The highest BCUT2D eigenvalue weighted by atomic mass is 79.9. The lowest BCUT2D eigenvalue weighted by Gasteiger charge is -2.14. The zero-order chi connectivity index (χ0) is 14.0. The topological polar surface area (TPSA) is 9.23 Å². The Labute approximate surface area is 131 Å². The summed E-state index contributed by atoms with van der Waals surface area (Å²) < 4.78 is 5.27. The molecule has 0 aliphatic rings. The summed E-state index contributed by atoms with van der Waals surface area (Å²) in [6, 6.07) is 11.6. The average molecular weight is 360 g/mol. The number of methoxy groups -OCH3 is 1. The van der Waals surface area contributed by atoms with E-state index in [4.69, 9.17) is 27.9 Å². The summed E-state index contributed by atoms with van der Waals surface area (Å²) in [4.78, 5) is 0.0494. The van der Waals surface area contributed by atoms with E-state index < -0.39 is 0 Å². The van der Waals surface area contributed by atoms with Crippen LogP contribution in [-0.4, -0.2) is 7.11 Å². The molecule has 1 atom stereocenters. The second-order valence-corrected chi connectivity index (χ2v) is 6.08.